The number of hydrogen-bond acceptors (Lipinski definition) is 8. The van der Waals surface area contributed by atoms with Crippen LogP contribution in [0.4, 0.5) is 5.95 Å². The van der Waals surface area contributed by atoms with E-state index in [0.717, 1.165) is 49.2 Å². The molecule has 3 aromatic rings. The Bertz CT molecular complexity index is 1050. The molecule has 2 aliphatic rings. The molecule has 10 nitrogen and oxygen atoms in total. The van der Waals surface area contributed by atoms with Gasteiger partial charge in [-0.2, -0.15) is 0 Å². The van der Waals surface area contributed by atoms with Gasteiger partial charge in [0.25, 0.3) is 5.91 Å². The van der Waals surface area contributed by atoms with E-state index in [4.69, 9.17) is 10.5 Å². The van der Waals surface area contributed by atoms with Gasteiger partial charge in [0, 0.05) is 24.7 Å². The van der Waals surface area contributed by atoms with Gasteiger partial charge in [0.2, 0.25) is 5.95 Å². The van der Waals surface area contributed by atoms with E-state index in [0.29, 0.717) is 18.2 Å². The largest absolute Gasteiger partial charge is 0.484 e. The molecule has 1 fully saturated rings. The summed E-state index contributed by atoms with van der Waals surface area (Å²) < 4.78 is 7.29. The molecule has 1 atom stereocenters. The Kier molecular flexibility index (Phi) is 4.53. The molecule has 2 N–H and O–H groups in total. The molecule has 1 amide bonds. The first kappa shape index (κ1) is 18.5. The predicted octanol–water partition coefficient (Wildman–Crippen LogP) is 0.920. The van der Waals surface area contributed by atoms with Gasteiger partial charge in [-0.3, -0.25) is 4.79 Å². The number of fused-ring (bicyclic) bond motifs is 2. The van der Waals surface area contributed by atoms with Gasteiger partial charge in [0.05, 0.1) is 11.4 Å². The third kappa shape index (κ3) is 3.34. The fourth-order valence-corrected chi connectivity index (χ4v) is 4.51. The van der Waals surface area contributed by atoms with E-state index in [-0.39, 0.29) is 17.9 Å². The fourth-order valence-electron chi connectivity index (χ4n) is 4.51. The summed E-state index contributed by atoms with van der Waals surface area (Å²) in [6.07, 6.45) is 7.21. The van der Waals surface area contributed by atoms with Crippen LogP contribution in [0.1, 0.15) is 30.5 Å². The molecule has 3 heterocycles. The molecular formula is C20H22N8O2. The maximum absolute atomic E-state index is 12.9. The highest BCUT2D eigenvalue weighted by molar-refractivity contribution is 5.78. The number of carbonyl (C=O) groups excluding carboxylic acids is 1. The molecule has 1 saturated heterocycles. The molecule has 1 aliphatic carbocycles. The normalized spacial score (nSPS) is 20.3. The van der Waals surface area contributed by atoms with Crippen LogP contribution >= 0.6 is 0 Å². The van der Waals surface area contributed by atoms with Gasteiger partial charge in [0.1, 0.15) is 12.1 Å². The number of aromatic nitrogens is 6. The van der Waals surface area contributed by atoms with Crippen LogP contribution in [0.2, 0.25) is 0 Å². The number of nitrogen functional groups attached to an aromatic ring is 1. The molecule has 1 aliphatic heterocycles. The SMILES string of the molecule is Nc1ncc2c(n1)C1(CCCN(C(=O)COc3ccc(-n4cnnn4)cc3)C1)CC2. The minimum absolute atomic E-state index is 0.000915. The van der Waals surface area contributed by atoms with E-state index in [1.165, 1.54) is 6.33 Å². The van der Waals surface area contributed by atoms with Crippen LogP contribution in [0.5, 0.6) is 5.75 Å². The van der Waals surface area contributed by atoms with Crippen molar-refractivity contribution >= 4 is 11.9 Å². The minimum atomic E-state index is -0.117. The van der Waals surface area contributed by atoms with E-state index in [1.807, 2.05) is 23.2 Å². The summed E-state index contributed by atoms with van der Waals surface area (Å²) in [6.45, 7) is 1.38. The highest BCUT2D eigenvalue weighted by Gasteiger charge is 2.44. The Balaban J connectivity index is 1.23. The second kappa shape index (κ2) is 7.36. The predicted molar refractivity (Wildman–Crippen MR) is 107 cm³/mol. The molecule has 0 radical (unpaired) electrons. The number of rotatable bonds is 4. The van der Waals surface area contributed by atoms with Gasteiger partial charge < -0.3 is 15.4 Å². The van der Waals surface area contributed by atoms with Crippen LogP contribution in [-0.2, 0) is 16.6 Å². The van der Waals surface area contributed by atoms with Crippen LogP contribution in [0.25, 0.3) is 5.69 Å². The topological polar surface area (TPSA) is 125 Å². The number of piperidine rings is 1. The Morgan fingerprint density at radius 1 is 1.23 bits per heavy atom. The molecule has 0 saturated carbocycles. The molecule has 154 valence electrons. The number of hydrogen-bond donors (Lipinski definition) is 1. The van der Waals surface area contributed by atoms with Gasteiger partial charge >= 0.3 is 0 Å². The van der Waals surface area contributed by atoms with E-state index in [9.17, 15) is 4.79 Å². The lowest BCUT2D eigenvalue weighted by molar-refractivity contribution is -0.135. The Morgan fingerprint density at radius 2 is 2.10 bits per heavy atom. The van der Waals surface area contributed by atoms with E-state index in [2.05, 4.69) is 25.5 Å². The van der Waals surface area contributed by atoms with Crippen molar-refractivity contribution in [2.45, 2.75) is 31.1 Å². The quantitative estimate of drug-likeness (QED) is 0.678. The number of ether oxygens (including phenoxy) is 1. The summed E-state index contributed by atoms with van der Waals surface area (Å²) in [6, 6.07) is 7.28. The average Bonchev–Trinajstić information content (AvgIpc) is 3.42. The summed E-state index contributed by atoms with van der Waals surface area (Å²) in [5.74, 6) is 0.902. The monoisotopic (exact) mass is 406 g/mol. The number of amides is 1. The average molecular weight is 406 g/mol. The maximum Gasteiger partial charge on any atom is 0.260 e. The lowest BCUT2D eigenvalue weighted by Crippen LogP contribution is -2.49. The molecule has 1 unspecified atom stereocenters. The van der Waals surface area contributed by atoms with Crippen molar-refractivity contribution in [3.8, 4) is 11.4 Å². The maximum atomic E-state index is 12.9. The highest BCUT2D eigenvalue weighted by atomic mass is 16.5. The fraction of sp³-hybridized carbons (Fsp3) is 0.400. The number of tetrazole rings is 1. The smallest absolute Gasteiger partial charge is 0.260 e. The van der Waals surface area contributed by atoms with E-state index in [1.54, 1.807) is 16.8 Å². The van der Waals surface area contributed by atoms with Crippen molar-refractivity contribution in [2.24, 2.45) is 0 Å². The summed E-state index contributed by atoms with van der Waals surface area (Å²) in [5, 5.41) is 11.1. The molecule has 30 heavy (non-hydrogen) atoms. The zero-order valence-corrected chi connectivity index (χ0v) is 16.4. The zero-order valence-electron chi connectivity index (χ0n) is 16.4. The number of anilines is 1. The number of likely N-dealkylation sites (tertiary alicyclic amines) is 1. The number of aryl methyl sites for hydroxylation is 1. The Hall–Kier alpha value is -3.56. The van der Waals surface area contributed by atoms with Crippen molar-refractivity contribution < 1.29 is 9.53 Å². The van der Waals surface area contributed by atoms with E-state index >= 15 is 0 Å². The van der Waals surface area contributed by atoms with Gasteiger partial charge in [-0.1, -0.05) is 0 Å². The Labute approximate surface area is 173 Å². The van der Waals surface area contributed by atoms with Gasteiger partial charge in [-0.25, -0.2) is 14.6 Å². The van der Waals surface area contributed by atoms with Crippen LogP contribution in [0.3, 0.4) is 0 Å². The minimum Gasteiger partial charge on any atom is -0.484 e. The molecule has 5 rings (SSSR count). The number of nitrogens with two attached hydrogens (primary N) is 1. The summed E-state index contributed by atoms with van der Waals surface area (Å²) in [4.78, 5) is 23.4. The number of carbonyl (C=O) groups is 1. The van der Waals surface area contributed by atoms with Crippen LogP contribution in [0, 0.1) is 0 Å². The first-order chi connectivity index (χ1) is 14.6. The molecule has 2 aromatic heterocycles. The van der Waals surface area contributed by atoms with Gasteiger partial charge in [-0.05, 0) is 65.9 Å². The molecule has 1 spiro atoms. The second-order valence-corrected chi connectivity index (χ2v) is 7.84. The first-order valence-electron chi connectivity index (χ1n) is 9.99. The highest BCUT2D eigenvalue weighted by Crippen LogP contribution is 2.44. The van der Waals surface area contributed by atoms with E-state index < -0.39 is 0 Å². The van der Waals surface area contributed by atoms with Crippen molar-refractivity contribution in [3.05, 3.63) is 48.0 Å². The lowest BCUT2D eigenvalue weighted by atomic mass is 9.77. The zero-order chi connectivity index (χ0) is 20.6. The summed E-state index contributed by atoms with van der Waals surface area (Å²) in [7, 11) is 0. The summed E-state index contributed by atoms with van der Waals surface area (Å²) >= 11 is 0. The molecule has 10 heteroatoms. The molecule has 0 bridgehead atoms. The van der Waals surface area contributed by atoms with Crippen molar-refractivity contribution in [1.82, 2.24) is 35.1 Å². The number of nitrogens with zero attached hydrogens (tertiary/aromatic N) is 7. The van der Waals surface area contributed by atoms with Crippen LogP contribution in [0.15, 0.2) is 36.8 Å². The molecule has 1 aromatic carbocycles. The van der Waals surface area contributed by atoms with Crippen LogP contribution < -0.4 is 10.5 Å². The third-order valence-corrected chi connectivity index (χ3v) is 6.00. The first-order valence-corrected chi connectivity index (χ1v) is 9.99. The van der Waals surface area contributed by atoms with Crippen LogP contribution in [-0.4, -0.2) is 60.7 Å². The third-order valence-electron chi connectivity index (χ3n) is 6.00. The standard InChI is InChI=1S/C20H22N8O2/c21-19-22-10-14-6-8-20(18(14)24-19)7-1-9-27(12-20)17(29)11-30-16-4-2-15(3-5-16)28-13-23-25-26-28/h2-5,10,13H,1,6-9,11-12H2,(H2,21,22,24). The Morgan fingerprint density at radius 3 is 2.90 bits per heavy atom. The van der Waals surface area contributed by atoms with Crippen molar-refractivity contribution in [3.63, 3.8) is 0 Å². The summed E-state index contributed by atoms with van der Waals surface area (Å²) in [5.41, 5.74) is 8.70. The van der Waals surface area contributed by atoms with Gasteiger partial charge in [0.15, 0.2) is 6.61 Å². The number of benzene rings is 1. The van der Waals surface area contributed by atoms with Gasteiger partial charge in [-0.15, -0.1) is 5.10 Å². The lowest BCUT2D eigenvalue weighted by Gasteiger charge is -2.40. The molecular weight excluding hydrogens is 384 g/mol. The second-order valence-electron chi connectivity index (χ2n) is 7.84. The van der Waals surface area contributed by atoms with Crippen molar-refractivity contribution in [1.29, 1.82) is 0 Å². The van der Waals surface area contributed by atoms with Crippen molar-refractivity contribution in [2.75, 3.05) is 25.4 Å².